The number of aryl methyl sites for hydroxylation is 1. The summed E-state index contributed by atoms with van der Waals surface area (Å²) in [7, 11) is 3.75. The molecule has 0 radical (unpaired) electrons. The molecule has 0 unspecified atom stereocenters. The molecule has 27 heavy (non-hydrogen) atoms. The molecule has 1 saturated carbocycles. The van der Waals surface area contributed by atoms with Crippen molar-refractivity contribution in [3.63, 3.8) is 0 Å². The molecule has 1 aromatic heterocycles. The molecule has 2 heterocycles. The lowest BCUT2D eigenvalue weighted by atomic mass is 9.88. The van der Waals surface area contributed by atoms with E-state index in [0.717, 1.165) is 36.0 Å². The molecule has 2 aromatic rings. The molecule has 1 aliphatic heterocycles. The number of piperidine rings is 1. The van der Waals surface area contributed by atoms with E-state index in [1.807, 2.05) is 49.0 Å². The molecule has 5 nitrogen and oxygen atoms in total. The van der Waals surface area contributed by atoms with E-state index in [1.165, 1.54) is 0 Å². The maximum atomic E-state index is 13.3. The third-order valence-electron chi connectivity index (χ3n) is 6.18. The van der Waals surface area contributed by atoms with Crippen molar-refractivity contribution in [3.05, 3.63) is 40.5 Å². The predicted octanol–water partition coefficient (Wildman–Crippen LogP) is 3.53. The van der Waals surface area contributed by atoms with Crippen LogP contribution < -0.4 is 0 Å². The number of carbonyl (C=O) groups is 2. The van der Waals surface area contributed by atoms with E-state index in [2.05, 4.69) is 4.98 Å². The Kier molecular flexibility index (Phi) is 4.58. The van der Waals surface area contributed by atoms with Crippen LogP contribution in [0.1, 0.15) is 35.3 Å². The molecule has 2 fully saturated rings. The summed E-state index contributed by atoms with van der Waals surface area (Å²) in [5, 5.41) is 1.38. The molecule has 0 bridgehead atoms. The van der Waals surface area contributed by atoms with Crippen molar-refractivity contribution in [2.45, 2.75) is 32.2 Å². The lowest BCUT2D eigenvalue weighted by molar-refractivity contribution is -0.134. The number of carbonyl (C=O) groups excluding carboxylic acids is 2. The average molecular weight is 386 g/mol. The maximum Gasteiger partial charge on any atom is 0.254 e. The molecule has 0 spiro atoms. The zero-order valence-electron chi connectivity index (χ0n) is 15.9. The first-order chi connectivity index (χ1) is 12.8. The fourth-order valence-electron chi connectivity index (χ4n) is 4.67. The third kappa shape index (κ3) is 3.29. The lowest BCUT2D eigenvalue weighted by Crippen LogP contribution is -2.40. The van der Waals surface area contributed by atoms with Gasteiger partial charge in [0.1, 0.15) is 0 Å². The van der Waals surface area contributed by atoms with Gasteiger partial charge in [0.05, 0.1) is 11.1 Å². The Balaban J connectivity index is 1.61. The molecular weight excluding hydrogens is 362 g/mol. The number of aromatic nitrogens is 1. The van der Waals surface area contributed by atoms with E-state index in [0.29, 0.717) is 28.8 Å². The Bertz CT molecular complexity index is 929. The number of hydrogen-bond donors (Lipinski definition) is 0. The van der Waals surface area contributed by atoms with Crippen molar-refractivity contribution in [2.24, 2.45) is 11.8 Å². The smallest absolute Gasteiger partial charge is 0.254 e. The molecular formula is C21H24ClN3O2. The largest absolute Gasteiger partial charge is 0.345 e. The van der Waals surface area contributed by atoms with Gasteiger partial charge in [-0.2, -0.15) is 0 Å². The highest BCUT2D eigenvalue weighted by Crippen LogP contribution is 2.40. The highest BCUT2D eigenvalue weighted by atomic mass is 35.5. The number of fused-ring (bicyclic) bond motifs is 2. The topological polar surface area (TPSA) is 53.5 Å². The third-order valence-corrected chi connectivity index (χ3v) is 6.42. The van der Waals surface area contributed by atoms with E-state index in [9.17, 15) is 9.59 Å². The molecule has 2 aliphatic rings. The monoisotopic (exact) mass is 385 g/mol. The van der Waals surface area contributed by atoms with Gasteiger partial charge in [-0.05, 0) is 55.9 Å². The van der Waals surface area contributed by atoms with E-state index < -0.39 is 0 Å². The fraction of sp³-hybridized carbons (Fsp3) is 0.476. The highest BCUT2D eigenvalue weighted by Gasteiger charge is 2.42. The van der Waals surface area contributed by atoms with Gasteiger partial charge in [0.2, 0.25) is 5.91 Å². The summed E-state index contributed by atoms with van der Waals surface area (Å²) in [6.45, 7) is 2.70. The van der Waals surface area contributed by atoms with Crippen molar-refractivity contribution in [1.82, 2.24) is 14.8 Å². The molecule has 142 valence electrons. The van der Waals surface area contributed by atoms with Crippen LogP contribution in [0.5, 0.6) is 0 Å². The van der Waals surface area contributed by atoms with Gasteiger partial charge in [0.25, 0.3) is 5.91 Å². The minimum atomic E-state index is -0.00362. The number of rotatable bonds is 2. The molecule has 0 N–H and O–H groups in total. The summed E-state index contributed by atoms with van der Waals surface area (Å²) in [4.78, 5) is 33.5. The zero-order chi connectivity index (χ0) is 19.3. The van der Waals surface area contributed by atoms with Gasteiger partial charge in [-0.1, -0.05) is 11.6 Å². The van der Waals surface area contributed by atoms with Crippen molar-refractivity contribution in [3.8, 4) is 0 Å². The minimum absolute atomic E-state index is 0.00362. The highest BCUT2D eigenvalue weighted by molar-refractivity contribution is 6.31. The zero-order valence-corrected chi connectivity index (χ0v) is 16.7. The Morgan fingerprint density at radius 2 is 2.00 bits per heavy atom. The maximum absolute atomic E-state index is 13.3. The Labute approximate surface area is 164 Å². The number of amides is 2. The number of pyridine rings is 1. The normalized spacial score (nSPS) is 25.0. The van der Waals surface area contributed by atoms with Crippen LogP contribution in [0.25, 0.3) is 10.9 Å². The molecule has 2 amide bonds. The SMILES string of the molecule is Cc1cc(C(=O)N(C)[C@@H]2C[C@@H]3CC(=O)N(C)C[C@@H]3C2)c2cc(Cl)ccc2n1. The minimum Gasteiger partial charge on any atom is -0.345 e. The molecule has 1 aliphatic carbocycles. The van der Waals surface area contributed by atoms with Crippen LogP contribution in [0.15, 0.2) is 24.3 Å². The average Bonchev–Trinajstić information content (AvgIpc) is 3.03. The Hall–Kier alpha value is -2.14. The number of likely N-dealkylation sites (tertiary alicyclic amines) is 1. The Morgan fingerprint density at radius 1 is 1.26 bits per heavy atom. The van der Waals surface area contributed by atoms with Gasteiger partial charge in [-0.25, -0.2) is 0 Å². The summed E-state index contributed by atoms with van der Waals surface area (Å²) < 4.78 is 0. The van der Waals surface area contributed by atoms with Crippen LogP contribution >= 0.6 is 11.6 Å². The lowest BCUT2D eigenvalue weighted by Gasteiger charge is -2.31. The van der Waals surface area contributed by atoms with Gasteiger partial charge in [-0.15, -0.1) is 0 Å². The number of nitrogens with zero attached hydrogens (tertiary/aromatic N) is 3. The van der Waals surface area contributed by atoms with Crippen molar-refractivity contribution in [1.29, 1.82) is 0 Å². The summed E-state index contributed by atoms with van der Waals surface area (Å²) in [5.41, 5.74) is 2.24. The second kappa shape index (κ2) is 6.79. The summed E-state index contributed by atoms with van der Waals surface area (Å²) in [6.07, 6.45) is 2.45. The van der Waals surface area contributed by atoms with Crippen LogP contribution in [0.2, 0.25) is 5.02 Å². The standard InChI is InChI=1S/C21H24ClN3O2/c1-12-6-18(17-10-15(22)4-5-19(17)23-12)21(27)25(3)16-7-13-9-20(26)24(2)11-14(13)8-16/h4-6,10,13-14,16H,7-9,11H2,1-3H3/t13-,14+,16-/m1/s1. The van der Waals surface area contributed by atoms with Gasteiger partial charge in [-0.3, -0.25) is 14.6 Å². The molecule has 6 heteroatoms. The van der Waals surface area contributed by atoms with Crippen LogP contribution in [-0.2, 0) is 4.79 Å². The summed E-state index contributed by atoms with van der Waals surface area (Å²) >= 11 is 6.16. The Morgan fingerprint density at radius 3 is 2.78 bits per heavy atom. The second-order valence-electron chi connectivity index (χ2n) is 8.01. The fourth-order valence-corrected chi connectivity index (χ4v) is 4.84. The quantitative estimate of drug-likeness (QED) is 0.794. The van der Waals surface area contributed by atoms with E-state index in [-0.39, 0.29) is 17.9 Å². The van der Waals surface area contributed by atoms with Crippen LogP contribution in [-0.4, -0.2) is 53.3 Å². The van der Waals surface area contributed by atoms with Gasteiger partial charge in [0.15, 0.2) is 0 Å². The van der Waals surface area contributed by atoms with Gasteiger partial charge < -0.3 is 9.80 Å². The van der Waals surface area contributed by atoms with E-state index in [4.69, 9.17) is 11.6 Å². The van der Waals surface area contributed by atoms with Crippen molar-refractivity contribution in [2.75, 3.05) is 20.6 Å². The first-order valence-corrected chi connectivity index (χ1v) is 9.79. The first-order valence-electron chi connectivity index (χ1n) is 9.41. The van der Waals surface area contributed by atoms with Crippen LogP contribution in [0.3, 0.4) is 0 Å². The van der Waals surface area contributed by atoms with Crippen LogP contribution in [0.4, 0.5) is 0 Å². The summed E-state index contributed by atoms with van der Waals surface area (Å²) in [5.74, 6) is 1.09. The van der Waals surface area contributed by atoms with E-state index in [1.54, 1.807) is 6.07 Å². The van der Waals surface area contributed by atoms with Gasteiger partial charge in [0, 0.05) is 49.2 Å². The molecule has 3 atom stereocenters. The van der Waals surface area contributed by atoms with E-state index >= 15 is 0 Å². The predicted molar refractivity (Wildman–Crippen MR) is 106 cm³/mol. The van der Waals surface area contributed by atoms with Crippen molar-refractivity contribution < 1.29 is 9.59 Å². The van der Waals surface area contributed by atoms with Gasteiger partial charge >= 0.3 is 0 Å². The molecule has 4 rings (SSSR count). The molecule has 1 aromatic carbocycles. The second-order valence-corrected chi connectivity index (χ2v) is 8.45. The van der Waals surface area contributed by atoms with Crippen molar-refractivity contribution >= 4 is 34.3 Å². The van der Waals surface area contributed by atoms with Crippen LogP contribution in [0, 0.1) is 18.8 Å². The molecule has 1 saturated heterocycles. The number of halogens is 1. The number of hydrogen-bond acceptors (Lipinski definition) is 3. The number of benzene rings is 1. The first kappa shape index (κ1) is 18.2. The summed E-state index contributed by atoms with van der Waals surface area (Å²) in [6, 6.07) is 7.47.